The van der Waals surface area contributed by atoms with Crippen molar-refractivity contribution in [1.29, 1.82) is 0 Å². The Balaban J connectivity index is 1.65. The normalized spacial score (nSPS) is 12.7. The average molecular weight is 500 g/mol. The van der Waals surface area contributed by atoms with Crippen LogP contribution in [0.15, 0.2) is 59.9 Å². The number of anilines is 1. The smallest absolute Gasteiger partial charge is 0.416 e. The molecule has 0 N–H and O–H groups in total. The van der Waals surface area contributed by atoms with E-state index in [1.54, 1.807) is 37.6 Å². The van der Waals surface area contributed by atoms with Crippen LogP contribution in [0.1, 0.15) is 18.9 Å². The van der Waals surface area contributed by atoms with Crippen LogP contribution in [-0.4, -0.2) is 49.7 Å². The van der Waals surface area contributed by atoms with E-state index in [0.29, 0.717) is 17.9 Å². The van der Waals surface area contributed by atoms with Crippen LogP contribution in [0.4, 0.5) is 18.9 Å². The van der Waals surface area contributed by atoms with Crippen molar-refractivity contribution in [3.8, 4) is 5.69 Å². The van der Waals surface area contributed by atoms with Crippen molar-refractivity contribution in [2.45, 2.75) is 24.4 Å². The van der Waals surface area contributed by atoms with E-state index in [1.165, 1.54) is 33.1 Å². The molecule has 33 heavy (non-hydrogen) atoms. The molecule has 0 aliphatic carbocycles. The number of nitrogens with zero attached hydrogens (tertiary/aromatic N) is 5. The summed E-state index contributed by atoms with van der Waals surface area (Å²) in [5.41, 5.74) is 0.295. The lowest BCUT2D eigenvalue weighted by atomic mass is 10.2. The Morgan fingerprint density at radius 2 is 1.94 bits per heavy atom. The molecule has 2 heterocycles. The molecule has 1 amide bonds. The summed E-state index contributed by atoms with van der Waals surface area (Å²) in [6.45, 7) is 2.25. The molecule has 3 rings (SSSR count). The van der Waals surface area contributed by atoms with Crippen molar-refractivity contribution in [3.05, 3.63) is 65.7 Å². The van der Waals surface area contributed by atoms with Gasteiger partial charge in [-0.25, -0.2) is 4.68 Å². The minimum absolute atomic E-state index is 0.0190. The molecule has 12 heteroatoms. The van der Waals surface area contributed by atoms with Gasteiger partial charge in [-0.3, -0.25) is 9.78 Å². The summed E-state index contributed by atoms with van der Waals surface area (Å²) >= 11 is 4.55. The van der Waals surface area contributed by atoms with E-state index in [2.05, 4.69) is 10.1 Å². The SMILES string of the molecule is CCN(C(=O)CCN(C)[S+]([O-])c1ccc(C(F)(F)F)cc1)c1cn(-c2cccnc2)nc1Cl. The van der Waals surface area contributed by atoms with Crippen LogP contribution >= 0.6 is 11.6 Å². The largest absolute Gasteiger partial charge is 0.593 e. The fourth-order valence-corrected chi connectivity index (χ4v) is 4.26. The number of amides is 1. The summed E-state index contributed by atoms with van der Waals surface area (Å²) in [4.78, 5) is 18.6. The third-order valence-electron chi connectivity index (χ3n) is 4.78. The molecule has 1 atom stereocenters. The van der Waals surface area contributed by atoms with Crippen LogP contribution in [0, 0.1) is 0 Å². The van der Waals surface area contributed by atoms with Crippen LogP contribution in [0.2, 0.25) is 5.15 Å². The number of hydrogen-bond acceptors (Lipinski definition) is 5. The van der Waals surface area contributed by atoms with E-state index in [0.717, 1.165) is 12.1 Å². The second-order valence-corrected chi connectivity index (χ2v) is 8.92. The maximum Gasteiger partial charge on any atom is 0.416 e. The minimum Gasteiger partial charge on any atom is -0.593 e. The number of alkyl halides is 3. The van der Waals surface area contributed by atoms with Gasteiger partial charge in [-0.05, 0) is 43.3 Å². The topological polar surface area (TPSA) is 77.3 Å². The summed E-state index contributed by atoms with van der Waals surface area (Å²) in [6.07, 6.45) is 0.420. The first-order chi connectivity index (χ1) is 15.6. The second kappa shape index (κ2) is 10.6. The van der Waals surface area contributed by atoms with E-state index in [1.807, 2.05) is 0 Å². The molecule has 0 aliphatic rings. The molecule has 0 radical (unpaired) electrons. The number of carbonyl (C=O) groups is 1. The van der Waals surface area contributed by atoms with Gasteiger partial charge in [0.2, 0.25) is 5.91 Å². The maximum absolute atomic E-state index is 12.9. The number of carbonyl (C=O) groups excluding carboxylic acids is 1. The minimum atomic E-state index is -4.46. The highest BCUT2D eigenvalue weighted by molar-refractivity contribution is 7.89. The molecule has 7 nitrogen and oxygen atoms in total. The van der Waals surface area contributed by atoms with Crippen LogP contribution in [0.25, 0.3) is 5.69 Å². The highest BCUT2D eigenvalue weighted by Crippen LogP contribution is 2.30. The van der Waals surface area contributed by atoms with Gasteiger partial charge in [-0.2, -0.15) is 18.3 Å². The Labute approximate surface area is 197 Å². The molecule has 0 saturated heterocycles. The lowest BCUT2D eigenvalue weighted by Gasteiger charge is -2.23. The highest BCUT2D eigenvalue weighted by atomic mass is 35.5. The summed E-state index contributed by atoms with van der Waals surface area (Å²) in [6, 6.07) is 7.65. The summed E-state index contributed by atoms with van der Waals surface area (Å²) in [5, 5.41) is 4.38. The zero-order valence-corrected chi connectivity index (χ0v) is 19.4. The zero-order chi connectivity index (χ0) is 24.2. The molecular formula is C21H21ClF3N5O2S. The van der Waals surface area contributed by atoms with Gasteiger partial charge in [0.15, 0.2) is 10.0 Å². The first-order valence-electron chi connectivity index (χ1n) is 9.88. The second-order valence-electron chi connectivity index (χ2n) is 6.97. The third-order valence-corrected chi connectivity index (χ3v) is 6.47. The maximum atomic E-state index is 12.9. The van der Waals surface area contributed by atoms with Gasteiger partial charge < -0.3 is 9.45 Å². The standard InChI is InChI=1S/C21H21ClF3N5O2S/c1-3-29(18-14-30(27-20(18)22)16-5-4-11-26-13-16)19(31)10-12-28(2)33(32)17-8-6-15(7-9-17)21(23,24)25/h4-9,11,13-14H,3,10,12H2,1-2H3. The molecule has 0 aliphatic heterocycles. The van der Waals surface area contributed by atoms with Gasteiger partial charge >= 0.3 is 6.18 Å². The molecule has 176 valence electrons. The zero-order valence-electron chi connectivity index (χ0n) is 17.8. The quantitative estimate of drug-likeness (QED) is 0.431. The Morgan fingerprint density at radius 3 is 2.52 bits per heavy atom. The first kappa shape index (κ1) is 25.0. The van der Waals surface area contributed by atoms with Gasteiger partial charge in [0, 0.05) is 26.2 Å². The lowest BCUT2D eigenvalue weighted by Crippen LogP contribution is -2.35. The number of pyridine rings is 1. The third kappa shape index (κ3) is 6.05. The molecule has 0 spiro atoms. The molecule has 1 aromatic carbocycles. The summed E-state index contributed by atoms with van der Waals surface area (Å²) in [7, 11) is 1.53. The molecule has 1 unspecified atom stereocenters. The number of rotatable bonds is 8. The molecule has 0 fully saturated rings. The van der Waals surface area contributed by atoms with Crippen LogP contribution in [0.5, 0.6) is 0 Å². The fourth-order valence-electron chi connectivity index (χ4n) is 3.04. The van der Waals surface area contributed by atoms with Crippen LogP contribution < -0.4 is 4.90 Å². The molecule has 0 bridgehead atoms. The monoisotopic (exact) mass is 499 g/mol. The predicted octanol–water partition coefficient (Wildman–Crippen LogP) is 4.34. The Kier molecular flexibility index (Phi) is 8.01. The van der Waals surface area contributed by atoms with E-state index in [9.17, 15) is 22.5 Å². The van der Waals surface area contributed by atoms with Gasteiger partial charge in [0.25, 0.3) is 0 Å². The van der Waals surface area contributed by atoms with Gasteiger partial charge in [0.1, 0.15) is 5.69 Å². The summed E-state index contributed by atoms with van der Waals surface area (Å²) in [5.74, 6) is -0.263. The molecular weight excluding hydrogens is 479 g/mol. The Morgan fingerprint density at radius 1 is 1.24 bits per heavy atom. The van der Waals surface area contributed by atoms with Gasteiger partial charge in [-0.1, -0.05) is 11.6 Å². The fraction of sp³-hybridized carbons (Fsp3) is 0.286. The van der Waals surface area contributed by atoms with Crippen molar-refractivity contribution < 1.29 is 22.5 Å². The summed E-state index contributed by atoms with van der Waals surface area (Å²) < 4.78 is 53.7. The lowest BCUT2D eigenvalue weighted by molar-refractivity contribution is -0.137. The van der Waals surface area contributed by atoms with Crippen molar-refractivity contribution >= 4 is 34.6 Å². The van der Waals surface area contributed by atoms with E-state index >= 15 is 0 Å². The van der Waals surface area contributed by atoms with Gasteiger partial charge in [0.05, 0.1) is 41.6 Å². The first-order valence-corrected chi connectivity index (χ1v) is 11.4. The van der Waals surface area contributed by atoms with Crippen molar-refractivity contribution in [2.75, 3.05) is 25.0 Å². The number of aromatic nitrogens is 3. The van der Waals surface area contributed by atoms with Crippen molar-refractivity contribution in [2.24, 2.45) is 0 Å². The molecule has 3 aromatic rings. The Hall–Kier alpha value is -2.60. The van der Waals surface area contributed by atoms with Gasteiger partial charge in [-0.15, -0.1) is 4.31 Å². The number of halogens is 4. The van der Waals surface area contributed by atoms with E-state index in [-0.39, 0.29) is 28.9 Å². The number of hydrogen-bond donors (Lipinski definition) is 0. The predicted molar refractivity (Wildman–Crippen MR) is 119 cm³/mol. The number of benzene rings is 1. The highest BCUT2D eigenvalue weighted by Gasteiger charge is 2.31. The van der Waals surface area contributed by atoms with Crippen LogP contribution in [-0.2, 0) is 22.3 Å². The Bertz CT molecular complexity index is 1080. The van der Waals surface area contributed by atoms with E-state index in [4.69, 9.17) is 11.6 Å². The van der Waals surface area contributed by atoms with Crippen LogP contribution in [0.3, 0.4) is 0 Å². The molecule has 0 saturated carbocycles. The molecule has 2 aromatic heterocycles. The average Bonchev–Trinajstić information content (AvgIpc) is 3.19. The van der Waals surface area contributed by atoms with Crippen molar-refractivity contribution in [1.82, 2.24) is 19.1 Å². The van der Waals surface area contributed by atoms with Crippen molar-refractivity contribution in [3.63, 3.8) is 0 Å². The van der Waals surface area contributed by atoms with E-state index < -0.39 is 23.1 Å².